The SMILES string of the molecule is CCCN(C(=O)c1cc(SC)ccc1C)C1CCNC1.Cl. The molecule has 5 heteroatoms. The summed E-state index contributed by atoms with van der Waals surface area (Å²) >= 11 is 1.68. The number of nitrogens with zero attached hydrogens (tertiary/aromatic N) is 1. The van der Waals surface area contributed by atoms with Crippen molar-refractivity contribution in [3.8, 4) is 0 Å². The van der Waals surface area contributed by atoms with E-state index in [1.165, 1.54) is 0 Å². The minimum Gasteiger partial charge on any atom is -0.334 e. The summed E-state index contributed by atoms with van der Waals surface area (Å²) in [5.41, 5.74) is 1.93. The molecular formula is C16H25ClN2OS. The molecule has 1 atom stereocenters. The molecule has 1 saturated heterocycles. The van der Waals surface area contributed by atoms with Gasteiger partial charge in [0, 0.05) is 29.6 Å². The molecule has 1 aromatic carbocycles. The van der Waals surface area contributed by atoms with Gasteiger partial charge in [0.1, 0.15) is 0 Å². The number of halogens is 1. The summed E-state index contributed by atoms with van der Waals surface area (Å²) in [5.74, 6) is 0.189. The molecule has 1 N–H and O–H groups in total. The van der Waals surface area contributed by atoms with Gasteiger partial charge >= 0.3 is 0 Å². The molecule has 1 aliphatic heterocycles. The first-order valence-corrected chi connectivity index (χ1v) is 8.56. The highest BCUT2D eigenvalue weighted by Crippen LogP contribution is 2.22. The van der Waals surface area contributed by atoms with E-state index in [4.69, 9.17) is 0 Å². The van der Waals surface area contributed by atoms with E-state index >= 15 is 0 Å². The maximum absolute atomic E-state index is 12.9. The van der Waals surface area contributed by atoms with Gasteiger partial charge in [-0.15, -0.1) is 24.2 Å². The van der Waals surface area contributed by atoms with E-state index in [-0.39, 0.29) is 18.3 Å². The van der Waals surface area contributed by atoms with Gasteiger partial charge in [-0.05, 0) is 50.3 Å². The van der Waals surface area contributed by atoms with Gasteiger partial charge in [-0.2, -0.15) is 0 Å². The Balaban J connectivity index is 0.00000220. The van der Waals surface area contributed by atoms with E-state index in [0.29, 0.717) is 6.04 Å². The van der Waals surface area contributed by atoms with Crippen molar-refractivity contribution in [1.29, 1.82) is 0 Å². The predicted molar refractivity (Wildman–Crippen MR) is 92.8 cm³/mol. The van der Waals surface area contributed by atoms with Crippen LogP contribution in [0.25, 0.3) is 0 Å². The first kappa shape index (κ1) is 18.3. The fraction of sp³-hybridized carbons (Fsp3) is 0.562. The zero-order valence-electron chi connectivity index (χ0n) is 13.0. The van der Waals surface area contributed by atoms with E-state index in [1.807, 2.05) is 19.2 Å². The number of benzene rings is 1. The number of aryl methyl sites for hydroxylation is 1. The lowest BCUT2D eigenvalue weighted by Gasteiger charge is -2.29. The van der Waals surface area contributed by atoms with Crippen LogP contribution in [0.15, 0.2) is 23.1 Å². The Hall–Kier alpha value is -0.710. The first-order chi connectivity index (χ1) is 9.67. The fourth-order valence-electron chi connectivity index (χ4n) is 2.71. The van der Waals surface area contributed by atoms with Gasteiger partial charge in [-0.1, -0.05) is 13.0 Å². The van der Waals surface area contributed by atoms with Crippen LogP contribution in [0.1, 0.15) is 35.7 Å². The number of hydrogen-bond acceptors (Lipinski definition) is 3. The summed E-state index contributed by atoms with van der Waals surface area (Å²) in [6.07, 6.45) is 4.11. The lowest BCUT2D eigenvalue weighted by molar-refractivity contribution is 0.0691. The van der Waals surface area contributed by atoms with E-state index in [2.05, 4.69) is 29.3 Å². The van der Waals surface area contributed by atoms with Gasteiger partial charge < -0.3 is 10.2 Å². The van der Waals surface area contributed by atoms with Gasteiger partial charge in [-0.25, -0.2) is 0 Å². The molecule has 0 saturated carbocycles. The highest BCUT2D eigenvalue weighted by atomic mass is 35.5. The number of carbonyl (C=O) groups excluding carboxylic acids is 1. The zero-order chi connectivity index (χ0) is 14.5. The fourth-order valence-corrected chi connectivity index (χ4v) is 3.15. The highest BCUT2D eigenvalue weighted by Gasteiger charge is 2.27. The van der Waals surface area contributed by atoms with Gasteiger partial charge in [0.2, 0.25) is 0 Å². The van der Waals surface area contributed by atoms with Crippen LogP contribution in [0.4, 0.5) is 0 Å². The predicted octanol–water partition coefficient (Wildman–Crippen LogP) is 3.35. The Morgan fingerprint density at radius 1 is 1.48 bits per heavy atom. The molecule has 1 fully saturated rings. The standard InChI is InChI=1S/C16H24N2OS.ClH/c1-4-9-18(13-7-8-17-11-13)16(19)15-10-14(20-3)6-5-12(15)2;/h5-6,10,13,17H,4,7-9,11H2,1-3H3;1H. The molecule has 0 aliphatic carbocycles. The second kappa shape index (κ2) is 8.66. The number of rotatable bonds is 5. The van der Waals surface area contributed by atoms with E-state index in [9.17, 15) is 4.79 Å². The van der Waals surface area contributed by atoms with Gasteiger partial charge in [0.05, 0.1) is 0 Å². The van der Waals surface area contributed by atoms with E-state index < -0.39 is 0 Å². The molecule has 0 aromatic heterocycles. The average molecular weight is 329 g/mol. The monoisotopic (exact) mass is 328 g/mol. The van der Waals surface area contributed by atoms with Crippen LogP contribution in [0.3, 0.4) is 0 Å². The van der Waals surface area contributed by atoms with Crippen LogP contribution in [-0.2, 0) is 0 Å². The van der Waals surface area contributed by atoms with Crippen molar-refractivity contribution < 1.29 is 4.79 Å². The van der Waals surface area contributed by atoms with E-state index in [0.717, 1.165) is 48.5 Å². The summed E-state index contributed by atoms with van der Waals surface area (Å²) in [6.45, 7) is 6.94. The van der Waals surface area contributed by atoms with Crippen molar-refractivity contribution in [1.82, 2.24) is 10.2 Å². The minimum atomic E-state index is 0. The number of carbonyl (C=O) groups is 1. The molecule has 1 unspecified atom stereocenters. The number of hydrogen-bond donors (Lipinski definition) is 1. The van der Waals surface area contributed by atoms with E-state index in [1.54, 1.807) is 11.8 Å². The molecular weight excluding hydrogens is 304 g/mol. The largest absolute Gasteiger partial charge is 0.334 e. The van der Waals surface area contributed by atoms with Crippen LogP contribution in [0, 0.1) is 6.92 Å². The third kappa shape index (κ3) is 4.38. The Bertz CT molecular complexity index is 475. The summed E-state index contributed by atoms with van der Waals surface area (Å²) in [7, 11) is 0. The maximum atomic E-state index is 12.9. The van der Waals surface area contributed by atoms with Crippen LogP contribution >= 0.6 is 24.2 Å². The molecule has 0 bridgehead atoms. The first-order valence-electron chi connectivity index (χ1n) is 7.33. The van der Waals surface area contributed by atoms with Crippen LogP contribution < -0.4 is 5.32 Å². The maximum Gasteiger partial charge on any atom is 0.254 e. The molecule has 1 aromatic rings. The average Bonchev–Trinajstić information content (AvgIpc) is 2.98. The molecule has 2 rings (SSSR count). The summed E-state index contributed by atoms with van der Waals surface area (Å²) in [4.78, 5) is 16.1. The van der Waals surface area contributed by atoms with Crippen molar-refractivity contribution in [3.05, 3.63) is 29.3 Å². The van der Waals surface area contributed by atoms with Crippen molar-refractivity contribution in [2.45, 2.75) is 37.6 Å². The Morgan fingerprint density at radius 3 is 2.81 bits per heavy atom. The molecule has 118 valence electrons. The van der Waals surface area contributed by atoms with Crippen molar-refractivity contribution in [3.63, 3.8) is 0 Å². The summed E-state index contributed by atoms with van der Waals surface area (Å²) < 4.78 is 0. The molecule has 1 aliphatic rings. The quantitative estimate of drug-likeness (QED) is 0.841. The Morgan fingerprint density at radius 2 is 2.24 bits per heavy atom. The molecule has 1 heterocycles. The summed E-state index contributed by atoms with van der Waals surface area (Å²) in [5, 5.41) is 3.36. The van der Waals surface area contributed by atoms with Crippen LogP contribution in [-0.4, -0.2) is 42.7 Å². The highest BCUT2D eigenvalue weighted by molar-refractivity contribution is 7.98. The third-order valence-electron chi connectivity index (χ3n) is 3.88. The zero-order valence-corrected chi connectivity index (χ0v) is 14.6. The molecule has 0 radical (unpaired) electrons. The molecule has 3 nitrogen and oxygen atoms in total. The smallest absolute Gasteiger partial charge is 0.254 e. The van der Waals surface area contributed by atoms with Gasteiger partial charge in [0.15, 0.2) is 0 Å². The second-order valence-corrected chi connectivity index (χ2v) is 6.21. The third-order valence-corrected chi connectivity index (χ3v) is 4.60. The number of amides is 1. The van der Waals surface area contributed by atoms with Gasteiger partial charge in [0.25, 0.3) is 5.91 Å². The lowest BCUT2D eigenvalue weighted by atomic mass is 10.1. The van der Waals surface area contributed by atoms with Gasteiger partial charge in [-0.3, -0.25) is 4.79 Å². The topological polar surface area (TPSA) is 32.3 Å². The number of nitrogens with one attached hydrogen (secondary N) is 1. The summed E-state index contributed by atoms with van der Waals surface area (Å²) in [6, 6.07) is 6.52. The minimum absolute atomic E-state index is 0. The molecule has 1 amide bonds. The molecule has 0 spiro atoms. The Kier molecular flexibility index (Phi) is 7.57. The molecule has 21 heavy (non-hydrogen) atoms. The second-order valence-electron chi connectivity index (χ2n) is 5.33. The van der Waals surface area contributed by atoms with Crippen molar-refractivity contribution >= 4 is 30.1 Å². The number of thioether (sulfide) groups is 1. The van der Waals surface area contributed by atoms with Crippen LogP contribution in [0.5, 0.6) is 0 Å². The lowest BCUT2D eigenvalue weighted by Crippen LogP contribution is -2.42. The van der Waals surface area contributed by atoms with Crippen LogP contribution in [0.2, 0.25) is 0 Å². The van der Waals surface area contributed by atoms with Crippen molar-refractivity contribution in [2.75, 3.05) is 25.9 Å². The van der Waals surface area contributed by atoms with Crippen molar-refractivity contribution in [2.24, 2.45) is 0 Å². The Labute approximate surface area is 138 Å². The normalized spacial score (nSPS) is 17.4.